The molecule has 1 aromatic rings. The zero-order chi connectivity index (χ0) is 13.1. The molecule has 2 rings (SSSR count). The van der Waals surface area contributed by atoms with Crippen molar-refractivity contribution in [3.8, 4) is 0 Å². The largest absolute Gasteiger partial charge is 0.480 e. The van der Waals surface area contributed by atoms with E-state index in [0.29, 0.717) is 6.04 Å². The molecule has 0 radical (unpaired) electrons. The SMILES string of the molecule is Cc1nc(C)c(CN(CC(=O)O)C2CCCC2)s1. The van der Waals surface area contributed by atoms with Gasteiger partial charge in [-0.3, -0.25) is 9.69 Å². The van der Waals surface area contributed by atoms with Crippen LogP contribution in [0.25, 0.3) is 0 Å². The van der Waals surface area contributed by atoms with Crippen LogP contribution in [0.3, 0.4) is 0 Å². The highest BCUT2D eigenvalue weighted by Gasteiger charge is 2.25. The van der Waals surface area contributed by atoms with Gasteiger partial charge in [0.1, 0.15) is 0 Å². The van der Waals surface area contributed by atoms with Gasteiger partial charge in [-0.05, 0) is 26.7 Å². The van der Waals surface area contributed by atoms with E-state index in [1.165, 1.54) is 17.7 Å². The van der Waals surface area contributed by atoms with Crippen LogP contribution in [0.1, 0.15) is 41.3 Å². The fourth-order valence-corrected chi connectivity index (χ4v) is 3.62. The number of aryl methyl sites for hydroxylation is 2. The molecule has 0 amide bonds. The first-order chi connectivity index (χ1) is 8.56. The zero-order valence-electron chi connectivity index (χ0n) is 11.0. The highest BCUT2D eigenvalue weighted by molar-refractivity contribution is 7.11. The van der Waals surface area contributed by atoms with E-state index >= 15 is 0 Å². The summed E-state index contributed by atoms with van der Waals surface area (Å²) >= 11 is 1.68. The predicted molar refractivity (Wildman–Crippen MR) is 71.9 cm³/mol. The van der Waals surface area contributed by atoms with Crippen LogP contribution in [-0.2, 0) is 11.3 Å². The lowest BCUT2D eigenvalue weighted by atomic mass is 10.2. The molecule has 5 heteroatoms. The summed E-state index contributed by atoms with van der Waals surface area (Å²) in [7, 11) is 0. The van der Waals surface area contributed by atoms with Crippen LogP contribution in [0.2, 0.25) is 0 Å². The van der Waals surface area contributed by atoms with Crippen LogP contribution < -0.4 is 0 Å². The monoisotopic (exact) mass is 268 g/mol. The van der Waals surface area contributed by atoms with Crippen LogP contribution >= 0.6 is 11.3 Å². The molecule has 4 nitrogen and oxygen atoms in total. The maximum absolute atomic E-state index is 11.0. The number of thiazole rings is 1. The number of aromatic nitrogens is 1. The van der Waals surface area contributed by atoms with Gasteiger partial charge in [0.2, 0.25) is 0 Å². The molecule has 18 heavy (non-hydrogen) atoms. The lowest BCUT2D eigenvalue weighted by Gasteiger charge is -2.26. The molecular weight excluding hydrogens is 248 g/mol. The molecule has 1 heterocycles. The molecule has 0 atom stereocenters. The Morgan fingerprint density at radius 1 is 1.44 bits per heavy atom. The average molecular weight is 268 g/mol. The van der Waals surface area contributed by atoms with Crippen LogP contribution in [0.4, 0.5) is 0 Å². The van der Waals surface area contributed by atoms with Gasteiger partial charge in [0.25, 0.3) is 0 Å². The van der Waals surface area contributed by atoms with E-state index < -0.39 is 5.97 Å². The van der Waals surface area contributed by atoms with Crippen LogP contribution in [0, 0.1) is 13.8 Å². The number of carbonyl (C=O) groups is 1. The van der Waals surface area contributed by atoms with Gasteiger partial charge in [-0.1, -0.05) is 12.8 Å². The Hall–Kier alpha value is -0.940. The van der Waals surface area contributed by atoms with Crippen molar-refractivity contribution >= 4 is 17.3 Å². The van der Waals surface area contributed by atoms with E-state index in [9.17, 15) is 4.79 Å². The molecule has 1 saturated carbocycles. The molecule has 1 fully saturated rings. The normalized spacial score (nSPS) is 16.6. The smallest absolute Gasteiger partial charge is 0.317 e. The minimum atomic E-state index is -0.735. The van der Waals surface area contributed by atoms with Gasteiger partial charge in [-0.25, -0.2) is 4.98 Å². The fourth-order valence-electron chi connectivity index (χ4n) is 2.66. The molecule has 0 aromatic carbocycles. The Bertz CT molecular complexity index is 425. The summed E-state index contributed by atoms with van der Waals surface area (Å²) in [6.07, 6.45) is 4.71. The number of rotatable bonds is 5. The van der Waals surface area contributed by atoms with E-state index in [2.05, 4.69) is 9.88 Å². The standard InChI is InChI=1S/C13H20N2O2S/c1-9-12(18-10(2)14-9)7-15(8-13(16)17)11-5-3-4-6-11/h11H,3-8H2,1-2H3,(H,16,17). The molecular formula is C13H20N2O2S. The number of hydrogen-bond acceptors (Lipinski definition) is 4. The third kappa shape index (κ3) is 3.29. The summed E-state index contributed by atoms with van der Waals surface area (Å²) in [5.41, 5.74) is 1.05. The molecule has 1 aliphatic rings. The van der Waals surface area contributed by atoms with Gasteiger partial charge in [0.05, 0.1) is 17.2 Å². The molecule has 0 spiro atoms. The summed E-state index contributed by atoms with van der Waals surface area (Å²) in [6.45, 7) is 4.88. The van der Waals surface area contributed by atoms with E-state index in [1.54, 1.807) is 11.3 Å². The number of carboxylic acids is 1. The highest BCUT2D eigenvalue weighted by atomic mass is 32.1. The van der Waals surface area contributed by atoms with E-state index in [-0.39, 0.29) is 6.54 Å². The minimum Gasteiger partial charge on any atom is -0.480 e. The molecule has 1 aliphatic carbocycles. The Morgan fingerprint density at radius 3 is 2.61 bits per heavy atom. The molecule has 0 aliphatic heterocycles. The molecule has 0 saturated heterocycles. The second-order valence-corrected chi connectivity index (χ2v) is 6.27. The van der Waals surface area contributed by atoms with E-state index in [0.717, 1.165) is 30.1 Å². The Kier molecular flexibility index (Phi) is 4.35. The third-order valence-electron chi connectivity index (χ3n) is 3.53. The third-order valence-corrected chi connectivity index (χ3v) is 4.58. The number of carboxylic acid groups (broad SMARTS) is 1. The predicted octanol–water partition coefficient (Wildman–Crippen LogP) is 2.59. The van der Waals surface area contributed by atoms with Crippen molar-refractivity contribution in [2.75, 3.05) is 6.54 Å². The van der Waals surface area contributed by atoms with Crippen molar-refractivity contribution < 1.29 is 9.90 Å². The van der Waals surface area contributed by atoms with Gasteiger partial charge in [-0.2, -0.15) is 0 Å². The number of aliphatic carboxylic acids is 1. The minimum absolute atomic E-state index is 0.140. The van der Waals surface area contributed by atoms with E-state index in [4.69, 9.17) is 5.11 Å². The lowest BCUT2D eigenvalue weighted by molar-refractivity contribution is -0.139. The lowest BCUT2D eigenvalue weighted by Crippen LogP contribution is -2.36. The average Bonchev–Trinajstić information content (AvgIpc) is 2.87. The Morgan fingerprint density at radius 2 is 2.11 bits per heavy atom. The first-order valence-electron chi connectivity index (χ1n) is 6.45. The fraction of sp³-hybridized carbons (Fsp3) is 0.692. The van der Waals surface area contributed by atoms with Crippen LogP contribution in [0.5, 0.6) is 0 Å². The van der Waals surface area contributed by atoms with Crippen molar-refractivity contribution in [2.24, 2.45) is 0 Å². The molecule has 100 valence electrons. The number of nitrogens with zero attached hydrogens (tertiary/aromatic N) is 2. The summed E-state index contributed by atoms with van der Waals surface area (Å²) in [5.74, 6) is -0.735. The van der Waals surface area contributed by atoms with Gasteiger partial charge in [0.15, 0.2) is 0 Å². The number of hydrogen-bond donors (Lipinski definition) is 1. The van der Waals surface area contributed by atoms with Gasteiger partial charge >= 0.3 is 5.97 Å². The molecule has 1 N–H and O–H groups in total. The van der Waals surface area contributed by atoms with Crippen molar-refractivity contribution in [1.82, 2.24) is 9.88 Å². The summed E-state index contributed by atoms with van der Waals surface area (Å²) in [5, 5.41) is 10.1. The second-order valence-electron chi connectivity index (χ2n) is 4.98. The maximum Gasteiger partial charge on any atom is 0.317 e. The van der Waals surface area contributed by atoms with Crippen molar-refractivity contribution in [3.63, 3.8) is 0 Å². The summed E-state index contributed by atoms with van der Waals surface area (Å²) < 4.78 is 0. The maximum atomic E-state index is 11.0. The van der Waals surface area contributed by atoms with E-state index in [1.807, 2.05) is 13.8 Å². The van der Waals surface area contributed by atoms with Crippen LogP contribution in [-0.4, -0.2) is 33.5 Å². The van der Waals surface area contributed by atoms with Crippen molar-refractivity contribution in [2.45, 2.75) is 52.1 Å². The van der Waals surface area contributed by atoms with Gasteiger partial charge in [-0.15, -0.1) is 11.3 Å². The first-order valence-corrected chi connectivity index (χ1v) is 7.26. The Labute approximate surface area is 112 Å². The second kappa shape index (κ2) is 5.80. The summed E-state index contributed by atoms with van der Waals surface area (Å²) in [4.78, 5) is 18.7. The first kappa shape index (κ1) is 13.5. The molecule has 0 bridgehead atoms. The van der Waals surface area contributed by atoms with Crippen LogP contribution in [0.15, 0.2) is 0 Å². The zero-order valence-corrected chi connectivity index (χ0v) is 11.8. The van der Waals surface area contributed by atoms with Crippen molar-refractivity contribution in [3.05, 3.63) is 15.6 Å². The summed E-state index contributed by atoms with van der Waals surface area (Å²) in [6, 6.07) is 0.433. The molecule has 1 aromatic heterocycles. The highest BCUT2D eigenvalue weighted by Crippen LogP contribution is 2.27. The van der Waals surface area contributed by atoms with Gasteiger partial charge < -0.3 is 5.11 Å². The van der Waals surface area contributed by atoms with Crippen molar-refractivity contribution in [1.29, 1.82) is 0 Å². The topological polar surface area (TPSA) is 53.4 Å². The Balaban J connectivity index is 2.08. The van der Waals surface area contributed by atoms with Gasteiger partial charge in [0, 0.05) is 17.5 Å². The quantitative estimate of drug-likeness (QED) is 0.892. The molecule has 0 unspecified atom stereocenters.